The molecule has 0 heterocycles. The molecule has 2 rings (SSSR count). The minimum atomic E-state index is -0.745. The van der Waals surface area contributed by atoms with Crippen LogP contribution in [0.25, 0.3) is 12.2 Å². The van der Waals surface area contributed by atoms with Gasteiger partial charge in [0, 0.05) is 0 Å². The van der Waals surface area contributed by atoms with Crippen molar-refractivity contribution >= 4 is 26.1 Å². The first-order chi connectivity index (χ1) is 8.27. The van der Waals surface area contributed by atoms with Crippen molar-refractivity contribution in [3.63, 3.8) is 0 Å². The summed E-state index contributed by atoms with van der Waals surface area (Å²) in [5, 5.41) is 1.54. The van der Waals surface area contributed by atoms with Crippen LogP contribution in [0.1, 0.15) is 11.1 Å². The summed E-state index contributed by atoms with van der Waals surface area (Å²) in [6.07, 6.45) is 4.42. The lowest BCUT2D eigenvalue weighted by atomic mass is 10.1. The summed E-state index contributed by atoms with van der Waals surface area (Å²) < 4.78 is 0. The Kier molecular flexibility index (Phi) is 3.94. The van der Waals surface area contributed by atoms with Gasteiger partial charge in [0.2, 0.25) is 0 Å². The fourth-order valence-electron chi connectivity index (χ4n) is 1.94. The first-order valence-corrected chi connectivity index (χ1v) is 8.98. The van der Waals surface area contributed by atoms with E-state index in [1.165, 1.54) is 11.1 Å². The van der Waals surface area contributed by atoms with Crippen LogP contribution >= 0.6 is 0 Å². The van der Waals surface area contributed by atoms with E-state index < -0.39 is 8.80 Å². The Balaban J connectivity index is 2.27. The van der Waals surface area contributed by atoms with Gasteiger partial charge in [0.25, 0.3) is 0 Å². The average molecular weight is 238 g/mol. The minimum Gasteiger partial charge on any atom is -0.0682 e. The summed E-state index contributed by atoms with van der Waals surface area (Å²) in [5.74, 6) is 0. The predicted molar refractivity (Wildman–Crippen MR) is 80.3 cm³/mol. The van der Waals surface area contributed by atoms with E-state index in [1.807, 2.05) is 6.07 Å². The van der Waals surface area contributed by atoms with Gasteiger partial charge < -0.3 is 0 Å². The van der Waals surface area contributed by atoms with Gasteiger partial charge in [0.05, 0.1) is 8.80 Å². The fourth-order valence-corrected chi connectivity index (χ4v) is 3.29. The van der Waals surface area contributed by atoms with Crippen LogP contribution in [0.4, 0.5) is 0 Å². The van der Waals surface area contributed by atoms with Gasteiger partial charge in [-0.05, 0) is 11.1 Å². The molecular formula is C16H18Si. The van der Waals surface area contributed by atoms with Gasteiger partial charge in [-0.3, -0.25) is 0 Å². The second kappa shape index (κ2) is 5.64. The van der Waals surface area contributed by atoms with Crippen molar-refractivity contribution in [1.29, 1.82) is 0 Å². The molecular weight excluding hydrogens is 220 g/mol. The fraction of sp³-hybridized carbons (Fsp3) is 0.125. The molecule has 2 aromatic rings. The Morgan fingerprint density at radius 1 is 0.765 bits per heavy atom. The zero-order valence-corrected chi connectivity index (χ0v) is 11.6. The van der Waals surface area contributed by atoms with E-state index in [9.17, 15) is 0 Å². The van der Waals surface area contributed by atoms with Crippen molar-refractivity contribution in [3.8, 4) is 0 Å². The van der Waals surface area contributed by atoms with E-state index >= 15 is 0 Å². The molecule has 1 heteroatoms. The highest BCUT2D eigenvalue weighted by atomic mass is 28.3. The van der Waals surface area contributed by atoms with Crippen LogP contribution in [0.15, 0.2) is 54.6 Å². The van der Waals surface area contributed by atoms with Crippen LogP contribution < -0.4 is 5.19 Å². The van der Waals surface area contributed by atoms with Gasteiger partial charge in [-0.25, -0.2) is 0 Å². The van der Waals surface area contributed by atoms with Gasteiger partial charge in [-0.15, -0.1) is 0 Å². The largest absolute Gasteiger partial charge is 0.0682 e. The van der Waals surface area contributed by atoms with Crippen LogP contribution in [-0.2, 0) is 0 Å². The van der Waals surface area contributed by atoms with Crippen molar-refractivity contribution in [2.45, 2.75) is 13.1 Å². The van der Waals surface area contributed by atoms with Crippen LogP contribution in [-0.4, -0.2) is 8.80 Å². The molecule has 0 aromatic heterocycles. The van der Waals surface area contributed by atoms with Crippen molar-refractivity contribution < 1.29 is 0 Å². The van der Waals surface area contributed by atoms with Crippen LogP contribution in [0.2, 0.25) is 13.1 Å². The molecule has 0 radical (unpaired) electrons. The summed E-state index contributed by atoms with van der Waals surface area (Å²) in [4.78, 5) is 0. The number of rotatable bonds is 3. The van der Waals surface area contributed by atoms with E-state index in [0.717, 1.165) is 0 Å². The first-order valence-electron chi connectivity index (χ1n) is 6.09. The molecule has 0 saturated heterocycles. The topological polar surface area (TPSA) is 0 Å². The second-order valence-electron chi connectivity index (χ2n) is 4.53. The molecule has 2 aromatic carbocycles. The van der Waals surface area contributed by atoms with E-state index in [4.69, 9.17) is 0 Å². The summed E-state index contributed by atoms with van der Waals surface area (Å²) in [6.45, 7) is 4.74. The molecule has 86 valence electrons. The maximum atomic E-state index is 2.37. The number of hydrogen-bond donors (Lipinski definition) is 0. The maximum absolute atomic E-state index is 2.37. The Labute approximate surface area is 105 Å². The first kappa shape index (κ1) is 11.9. The van der Waals surface area contributed by atoms with Crippen LogP contribution in [0.3, 0.4) is 0 Å². The van der Waals surface area contributed by atoms with E-state index in [1.54, 1.807) is 5.19 Å². The van der Waals surface area contributed by atoms with Crippen molar-refractivity contribution in [2.24, 2.45) is 0 Å². The summed E-state index contributed by atoms with van der Waals surface area (Å²) in [5.41, 5.74) is 2.63. The third kappa shape index (κ3) is 3.18. The van der Waals surface area contributed by atoms with Crippen molar-refractivity contribution in [2.75, 3.05) is 0 Å². The van der Waals surface area contributed by atoms with E-state index in [0.29, 0.717) is 0 Å². The molecule has 17 heavy (non-hydrogen) atoms. The van der Waals surface area contributed by atoms with Gasteiger partial charge in [-0.1, -0.05) is 85.0 Å². The lowest BCUT2D eigenvalue weighted by molar-refractivity contribution is 1.66. The van der Waals surface area contributed by atoms with Crippen molar-refractivity contribution in [1.82, 2.24) is 0 Å². The lowest BCUT2D eigenvalue weighted by Gasteiger charge is -2.07. The molecule has 0 bridgehead atoms. The Morgan fingerprint density at radius 3 is 2.12 bits per heavy atom. The highest BCUT2D eigenvalue weighted by Gasteiger charge is 2.03. The standard InChI is InChI=1S/C16H18Si/c1-17(2)16-11-7-6-10-15(16)13-12-14-8-4-3-5-9-14/h3-13,17H,1-2H3/b13-12+. The molecule has 0 fully saturated rings. The normalized spacial score (nSPS) is 11.2. The highest BCUT2D eigenvalue weighted by molar-refractivity contribution is 6.71. The SMILES string of the molecule is C[SiH](C)c1ccccc1/C=C/c1ccccc1. The quantitative estimate of drug-likeness (QED) is 0.566. The van der Waals surface area contributed by atoms with E-state index in [2.05, 4.69) is 73.8 Å². The average Bonchev–Trinajstić information content (AvgIpc) is 2.38. The third-order valence-electron chi connectivity index (χ3n) is 2.87. The summed E-state index contributed by atoms with van der Waals surface area (Å²) >= 11 is 0. The molecule has 0 N–H and O–H groups in total. The number of benzene rings is 2. The van der Waals surface area contributed by atoms with E-state index in [-0.39, 0.29) is 0 Å². The maximum Gasteiger partial charge on any atom is 0.0655 e. The molecule has 0 aliphatic carbocycles. The Hall–Kier alpha value is -1.60. The Bertz CT molecular complexity index is 498. The second-order valence-corrected chi connectivity index (χ2v) is 7.46. The van der Waals surface area contributed by atoms with Gasteiger partial charge >= 0.3 is 0 Å². The highest BCUT2D eigenvalue weighted by Crippen LogP contribution is 2.07. The summed E-state index contributed by atoms with van der Waals surface area (Å²) in [7, 11) is -0.745. The molecule has 0 unspecified atom stereocenters. The minimum absolute atomic E-state index is 0.745. The molecule has 0 saturated carbocycles. The molecule has 0 nitrogen and oxygen atoms in total. The Morgan fingerprint density at radius 2 is 1.41 bits per heavy atom. The van der Waals surface area contributed by atoms with Crippen LogP contribution in [0.5, 0.6) is 0 Å². The molecule has 0 aliphatic rings. The monoisotopic (exact) mass is 238 g/mol. The molecule has 0 aliphatic heterocycles. The van der Waals surface area contributed by atoms with Gasteiger partial charge in [0.1, 0.15) is 0 Å². The molecule has 0 spiro atoms. The molecule has 0 atom stereocenters. The van der Waals surface area contributed by atoms with Gasteiger partial charge in [0.15, 0.2) is 0 Å². The zero-order chi connectivity index (χ0) is 12.1. The summed E-state index contributed by atoms with van der Waals surface area (Å²) in [6, 6.07) is 19.2. The lowest BCUT2D eigenvalue weighted by Crippen LogP contribution is -2.24. The van der Waals surface area contributed by atoms with Crippen molar-refractivity contribution in [3.05, 3.63) is 65.7 Å². The third-order valence-corrected chi connectivity index (χ3v) is 4.64. The predicted octanol–water partition coefficient (Wildman–Crippen LogP) is 3.55. The zero-order valence-electron chi connectivity index (χ0n) is 10.4. The van der Waals surface area contributed by atoms with Gasteiger partial charge in [-0.2, -0.15) is 0 Å². The number of hydrogen-bond acceptors (Lipinski definition) is 0. The van der Waals surface area contributed by atoms with Crippen LogP contribution in [0, 0.1) is 0 Å². The molecule has 0 amide bonds. The smallest absolute Gasteiger partial charge is 0.0655 e.